The van der Waals surface area contributed by atoms with E-state index in [0.29, 0.717) is 18.2 Å². The van der Waals surface area contributed by atoms with Crippen molar-refractivity contribution in [1.82, 2.24) is 14.9 Å². The average Bonchev–Trinajstić information content (AvgIpc) is 3.24. The lowest BCUT2D eigenvalue weighted by atomic mass is 10.2. The minimum absolute atomic E-state index is 0.0316. The van der Waals surface area contributed by atoms with Crippen molar-refractivity contribution in [2.24, 2.45) is 0 Å². The van der Waals surface area contributed by atoms with Crippen LogP contribution in [0, 0.1) is 0 Å². The highest BCUT2D eigenvalue weighted by Crippen LogP contribution is 2.35. The number of hydrogen-bond acceptors (Lipinski definition) is 3. The summed E-state index contributed by atoms with van der Waals surface area (Å²) in [4.78, 5) is 15.9. The van der Waals surface area contributed by atoms with Crippen LogP contribution in [-0.4, -0.2) is 22.0 Å². The van der Waals surface area contributed by atoms with Crippen LogP contribution in [0.1, 0.15) is 41.9 Å². The Bertz CT molecular complexity index is 613. The lowest BCUT2D eigenvalue weighted by Crippen LogP contribution is -2.22. The molecule has 0 spiro atoms. The summed E-state index contributed by atoms with van der Waals surface area (Å²) in [6.45, 7) is 3.30. The van der Waals surface area contributed by atoms with Gasteiger partial charge in [-0.25, -0.2) is 4.98 Å². The molecule has 2 N–H and O–H groups in total. The normalized spacial score (nSPS) is 14.0. The molecule has 1 amide bonds. The molecule has 0 atom stereocenters. The SMILES string of the molecule is CCNC(=O)c1ccc(NCc2cncn2C2CC2)cc1. The number of hydrogen-bond donors (Lipinski definition) is 2. The molecule has 0 saturated heterocycles. The number of anilines is 1. The summed E-state index contributed by atoms with van der Waals surface area (Å²) in [7, 11) is 0. The van der Waals surface area contributed by atoms with Gasteiger partial charge in [-0.2, -0.15) is 0 Å². The molecule has 110 valence electrons. The molecule has 0 bridgehead atoms. The smallest absolute Gasteiger partial charge is 0.251 e. The van der Waals surface area contributed by atoms with Crippen molar-refractivity contribution in [2.75, 3.05) is 11.9 Å². The third kappa shape index (κ3) is 3.24. The Kier molecular flexibility index (Phi) is 3.90. The van der Waals surface area contributed by atoms with Crippen LogP contribution in [0.5, 0.6) is 0 Å². The predicted molar refractivity (Wildman–Crippen MR) is 82.3 cm³/mol. The molecule has 1 aromatic carbocycles. The van der Waals surface area contributed by atoms with E-state index in [1.165, 1.54) is 18.5 Å². The van der Waals surface area contributed by atoms with E-state index in [4.69, 9.17) is 0 Å². The summed E-state index contributed by atoms with van der Waals surface area (Å²) >= 11 is 0. The zero-order chi connectivity index (χ0) is 14.7. The van der Waals surface area contributed by atoms with E-state index < -0.39 is 0 Å². The Morgan fingerprint density at radius 1 is 1.33 bits per heavy atom. The van der Waals surface area contributed by atoms with Crippen LogP contribution in [0.15, 0.2) is 36.8 Å². The second-order valence-corrected chi connectivity index (χ2v) is 5.31. The Morgan fingerprint density at radius 3 is 2.76 bits per heavy atom. The Morgan fingerprint density at radius 2 is 2.10 bits per heavy atom. The first-order chi connectivity index (χ1) is 10.3. The largest absolute Gasteiger partial charge is 0.379 e. The molecule has 3 rings (SSSR count). The fourth-order valence-corrected chi connectivity index (χ4v) is 2.35. The predicted octanol–water partition coefficient (Wildman–Crippen LogP) is 2.58. The fraction of sp³-hybridized carbons (Fsp3) is 0.375. The fourth-order valence-electron chi connectivity index (χ4n) is 2.35. The second kappa shape index (κ2) is 5.99. The first-order valence-electron chi connectivity index (χ1n) is 7.40. The van der Waals surface area contributed by atoms with Crippen LogP contribution < -0.4 is 10.6 Å². The van der Waals surface area contributed by atoms with Crippen LogP contribution >= 0.6 is 0 Å². The van der Waals surface area contributed by atoms with Gasteiger partial charge in [0.1, 0.15) is 0 Å². The highest BCUT2D eigenvalue weighted by atomic mass is 16.1. The van der Waals surface area contributed by atoms with Gasteiger partial charge in [0.15, 0.2) is 0 Å². The summed E-state index contributed by atoms with van der Waals surface area (Å²) in [5.41, 5.74) is 2.89. The third-order valence-corrected chi connectivity index (χ3v) is 3.64. The monoisotopic (exact) mass is 284 g/mol. The quantitative estimate of drug-likeness (QED) is 0.857. The lowest BCUT2D eigenvalue weighted by molar-refractivity contribution is 0.0956. The van der Waals surface area contributed by atoms with E-state index in [9.17, 15) is 4.79 Å². The van der Waals surface area contributed by atoms with Gasteiger partial charge >= 0.3 is 0 Å². The van der Waals surface area contributed by atoms with Gasteiger partial charge in [-0.3, -0.25) is 4.79 Å². The Labute approximate surface area is 124 Å². The second-order valence-electron chi connectivity index (χ2n) is 5.31. The Hall–Kier alpha value is -2.30. The summed E-state index contributed by atoms with van der Waals surface area (Å²) in [6.07, 6.45) is 6.33. The Balaban J connectivity index is 1.60. The van der Waals surface area contributed by atoms with Crippen LogP contribution in [0.2, 0.25) is 0 Å². The van der Waals surface area contributed by atoms with E-state index in [1.807, 2.05) is 43.7 Å². The van der Waals surface area contributed by atoms with Gasteiger partial charge in [0.25, 0.3) is 5.91 Å². The van der Waals surface area contributed by atoms with Gasteiger partial charge in [0, 0.05) is 30.0 Å². The van der Waals surface area contributed by atoms with Gasteiger partial charge in [0.2, 0.25) is 0 Å². The summed E-state index contributed by atoms with van der Waals surface area (Å²) < 4.78 is 2.25. The summed E-state index contributed by atoms with van der Waals surface area (Å²) in [6, 6.07) is 8.19. The maximum Gasteiger partial charge on any atom is 0.251 e. The van der Waals surface area contributed by atoms with Crippen molar-refractivity contribution < 1.29 is 4.79 Å². The highest BCUT2D eigenvalue weighted by Gasteiger charge is 2.24. The van der Waals surface area contributed by atoms with Crippen LogP contribution in [0.25, 0.3) is 0 Å². The van der Waals surface area contributed by atoms with E-state index in [0.717, 1.165) is 12.2 Å². The number of amides is 1. The van der Waals surface area contributed by atoms with E-state index in [2.05, 4.69) is 20.2 Å². The summed E-state index contributed by atoms with van der Waals surface area (Å²) in [5, 5.41) is 6.17. The molecule has 1 aliphatic rings. The molecule has 2 aromatic rings. The molecule has 1 saturated carbocycles. The molecular formula is C16H20N4O. The number of carbonyl (C=O) groups excluding carboxylic acids is 1. The topological polar surface area (TPSA) is 59.0 Å². The number of nitrogens with zero attached hydrogens (tertiary/aromatic N) is 2. The van der Waals surface area contributed by atoms with Crippen molar-refractivity contribution in [2.45, 2.75) is 32.4 Å². The van der Waals surface area contributed by atoms with Crippen molar-refractivity contribution in [3.05, 3.63) is 48.0 Å². The molecule has 5 heteroatoms. The first-order valence-corrected chi connectivity index (χ1v) is 7.40. The van der Waals surface area contributed by atoms with Gasteiger partial charge in [-0.15, -0.1) is 0 Å². The zero-order valence-corrected chi connectivity index (χ0v) is 12.2. The number of imidazole rings is 1. The van der Waals surface area contributed by atoms with Crippen molar-refractivity contribution in [1.29, 1.82) is 0 Å². The van der Waals surface area contributed by atoms with Crippen molar-refractivity contribution in [3.63, 3.8) is 0 Å². The van der Waals surface area contributed by atoms with Crippen molar-refractivity contribution >= 4 is 11.6 Å². The molecule has 0 unspecified atom stereocenters. The van der Waals surface area contributed by atoms with Crippen LogP contribution in [0.4, 0.5) is 5.69 Å². The number of carbonyl (C=O) groups is 1. The molecule has 1 aliphatic carbocycles. The van der Waals surface area contributed by atoms with Gasteiger partial charge < -0.3 is 15.2 Å². The minimum Gasteiger partial charge on any atom is -0.379 e. The maximum absolute atomic E-state index is 11.7. The van der Waals surface area contributed by atoms with Crippen LogP contribution in [-0.2, 0) is 6.54 Å². The van der Waals surface area contributed by atoms with Gasteiger partial charge in [0.05, 0.1) is 18.6 Å². The third-order valence-electron chi connectivity index (χ3n) is 3.64. The van der Waals surface area contributed by atoms with Gasteiger partial charge in [-0.1, -0.05) is 0 Å². The van der Waals surface area contributed by atoms with Crippen molar-refractivity contribution in [3.8, 4) is 0 Å². The summed E-state index contributed by atoms with van der Waals surface area (Å²) in [5.74, 6) is -0.0316. The van der Waals surface area contributed by atoms with E-state index >= 15 is 0 Å². The molecule has 0 radical (unpaired) electrons. The molecule has 21 heavy (non-hydrogen) atoms. The molecule has 0 aliphatic heterocycles. The average molecular weight is 284 g/mol. The number of rotatable bonds is 6. The molecule has 1 fully saturated rings. The molecule has 5 nitrogen and oxygen atoms in total. The number of nitrogens with one attached hydrogen (secondary N) is 2. The maximum atomic E-state index is 11.7. The standard InChI is InChI=1S/C16H20N4O/c1-2-18-16(21)12-3-5-13(6-4-12)19-10-15-9-17-11-20(15)14-7-8-14/h3-6,9,11,14,19H,2,7-8,10H2,1H3,(H,18,21). The number of benzene rings is 1. The highest BCUT2D eigenvalue weighted by molar-refractivity contribution is 5.94. The van der Waals surface area contributed by atoms with Crippen LogP contribution in [0.3, 0.4) is 0 Å². The number of aromatic nitrogens is 2. The minimum atomic E-state index is -0.0316. The lowest BCUT2D eigenvalue weighted by Gasteiger charge is -2.10. The first kappa shape index (κ1) is 13.7. The molecule has 1 heterocycles. The van der Waals surface area contributed by atoms with E-state index in [1.54, 1.807) is 0 Å². The molecular weight excluding hydrogens is 264 g/mol. The zero-order valence-electron chi connectivity index (χ0n) is 12.2. The van der Waals surface area contributed by atoms with Gasteiger partial charge in [-0.05, 0) is 44.0 Å². The molecule has 1 aromatic heterocycles. The van der Waals surface area contributed by atoms with E-state index in [-0.39, 0.29) is 5.91 Å².